The number of benzene rings is 1. The molecule has 10 heteroatoms. The first-order valence-corrected chi connectivity index (χ1v) is 8.58. The number of nitrogens with one attached hydrogen (secondary N) is 2. The Balaban J connectivity index is 1.85. The number of nitrogens with zero attached hydrogens (tertiary/aromatic N) is 1. The van der Waals surface area contributed by atoms with Crippen LogP contribution in [-0.4, -0.2) is 46.2 Å². The van der Waals surface area contributed by atoms with Gasteiger partial charge in [-0.3, -0.25) is 9.59 Å². The highest BCUT2D eigenvalue weighted by Crippen LogP contribution is 2.48. The normalized spacial score (nSPS) is 28.5. The van der Waals surface area contributed by atoms with Gasteiger partial charge < -0.3 is 20.1 Å². The average Bonchev–Trinajstić information content (AvgIpc) is 3.14. The van der Waals surface area contributed by atoms with Crippen LogP contribution in [0.4, 0.5) is 10.5 Å². The molecule has 2 atom stereocenters. The second-order valence-corrected chi connectivity index (χ2v) is 7.64. The minimum atomic E-state index is -1.79. The van der Waals surface area contributed by atoms with Gasteiger partial charge in [0.2, 0.25) is 5.60 Å². The molecule has 3 aliphatic heterocycles. The number of cyclic esters (lactones) is 1. The van der Waals surface area contributed by atoms with Gasteiger partial charge in [-0.15, -0.1) is 0 Å². The smallest absolute Gasteiger partial charge is 0.417 e. The minimum Gasteiger partial charge on any atom is -0.447 e. The number of ether oxygens (including phenoxy) is 2. The molecule has 0 aliphatic carbocycles. The summed E-state index contributed by atoms with van der Waals surface area (Å²) >= 11 is 11.4. The lowest BCUT2D eigenvalue weighted by atomic mass is 9.86. The van der Waals surface area contributed by atoms with Gasteiger partial charge in [0, 0.05) is 0 Å². The van der Waals surface area contributed by atoms with Crippen molar-refractivity contribution in [2.45, 2.75) is 31.0 Å². The van der Waals surface area contributed by atoms with Gasteiger partial charge in [0.05, 0.1) is 21.8 Å². The monoisotopic (exact) mass is 395 g/mol. The predicted octanol–water partition coefficient (Wildman–Crippen LogP) is 1.52. The van der Waals surface area contributed by atoms with Gasteiger partial charge in [0.15, 0.2) is 6.04 Å². The number of halogens is 1. The zero-order chi connectivity index (χ0) is 18.9. The van der Waals surface area contributed by atoms with Crippen LogP contribution in [0.5, 0.6) is 0 Å². The van der Waals surface area contributed by atoms with Gasteiger partial charge in [-0.2, -0.15) is 0 Å². The maximum Gasteiger partial charge on any atom is 0.417 e. The molecule has 4 rings (SSSR count). The van der Waals surface area contributed by atoms with Crippen LogP contribution < -0.4 is 10.6 Å². The van der Waals surface area contributed by atoms with Crippen molar-refractivity contribution < 1.29 is 23.9 Å². The SMILES string of the molecule is CC1(C)COC(=O)N1C(=O)[C@H]1NC(=S)O[C@@]12C(=O)Nc1cccc(Cl)c12. The van der Waals surface area contributed by atoms with Gasteiger partial charge in [0.1, 0.15) is 6.61 Å². The van der Waals surface area contributed by atoms with E-state index in [0.717, 1.165) is 4.90 Å². The topological polar surface area (TPSA) is 97.0 Å². The first kappa shape index (κ1) is 17.0. The number of carbonyl (C=O) groups excluding carboxylic acids is 3. The van der Waals surface area contributed by atoms with E-state index in [1.807, 2.05) is 0 Å². The van der Waals surface area contributed by atoms with Crippen molar-refractivity contribution >= 4 is 52.6 Å². The molecule has 8 nitrogen and oxygen atoms in total. The van der Waals surface area contributed by atoms with Crippen LogP contribution in [-0.2, 0) is 24.7 Å². The van der Waals surface area contributed by atoms with E-state index in [4.69, 9.17) is 33.3 Å². The molecule has 1 spiro atoms. The summed E-state index contributed by atoms with van der Waals surface area (Å²) in [6.45, 7) is 3.42. The minimum absolute atomic E-state index is 0.0478. The van der Waals surface area contributed by atoms with E-state index in [1.54, 1.807) is 32.0 Å². The Morgan fingerprint density at radius 2 is 2.12 bits per heavy atom. The summed E-state index contributed by atoms with van der Waals surface area (Å²) in [5.74, 6) is -1.27. The number of hydrogen-bond acceptors (Lipinski definition) is 6. The molecular weight excluding hydrogens is 382 g/mol. The Labute approximate surface area is 158 Å². The van der Waals surface area contributed by atoms with Crippen molar-refractivity contribution in [1.29, 1.82) is 0 Å². The molecule has 3 amide bonds. The highest BCUT2D eigenvalue weighted by Gasteiger charge is 2.65. The Hall–Kier alpha value is -2.39. The quantitative estimate of drug-likeness (QED) is 0.696. The first-order valence-electron chi connectivity index (χ1n) is 7.79. The van der Waals surface area contributed by atoms with Crippen molar-refractivity contribution in [2.24, 2.45) is 0 Å². The summed E-state index contributed by atoms with van der Waals surface area (Å²) < 4.78 is 10.6. The van der Waals surface area contributed by atoms with Crippen molar-refractivity contribution in [3.8, 4) is 0 Å². The molecule has 136 valence electrons. The van der Waals surface area contributed by atoms with Gasteiger partial charge in [-0.05, 0) is 38.2 Å². The molecule has 0 saturated carbocycles. The van der Waals surface area contributed by atoms with Gasteiger partial charge >= 0.3 is 6.09 Å². The second kappa shape index (κ2) is 5.31. The van der Waals surface area contributed by atoms with E-state index in [0.29, 0.717) is 11.3 Å². The van der Waals surface area contributed by atoms with Gasteiger partial charge in [-0.1, -0.05) is 17.7 Å². The Morgan fingerprint density at radius 3 is 2.77 bits per heavy atom. The fourth-order valence-electron chi connectivity index (χ4n) is 3.53. The third-order valence-corrected chi connectivity index (χ3v) is 5.21. The largest absolute Gasteiger partial charge is 0.447 e. The van der Waals surface area contributed by atoms with Crippen LogP contribution in [0.1, 0.15) is 19.4 Å². The average molecular weight is 396 g/mol. The molecule has 26 heavy (non-hydrogen) atoms. The van der Waals surface area contributed by atoms with E-state index < -0.39 is 35.1 Å². The summed E-state index contributed by atoms with van der Waals surface area (Å²) in [5, 5.41) is 5.49. The number of rotatable bonds is 1. The Morgan fingerprint density at radius 1 is 1.38 bits per heavy atom. The number of amides is 3. The first-order chi connectivity index (χ1) is 12.2. The number of carbonyl (C=O) groups is 3. The van der Waals surface area contributed by atoms with E-state index in [9.17, 15) is 14.4 Å². The van der Waals surface area contributed by atoms with Crippen molar-refractivity contribution in [3.63, 3.8) is 0 Å². The lowest BCUT2D eigenvalue weighted by Crippen LogP contribution is -2.59. The molecule has 2 N–H and O–H groups in total. The number of anilines is 1. The number of thiocarbonyl (C=S) groups is 1. The van der Waals surface area contributed by atoms with Crippen LogP contribution in [0, 0.1) is 0 Å². The predicted molar refractivity (Wildman–Crippen MR) is 94.6 cm³/mol. The van der Waals surface area contributed by atoms with Gasteiger partial charge in [0.25, 0.3) is 17.0 Å². The molecular formula is C16H14ClN3O5S. The van der Waals surface area contributed by atoms with E-state index in [2.05, 4.69) is 10.6 Å². The van der Waals surface area contributed by atoms with E-state index in [1.165, 1.54) is 0 Å². The molecule has 3 aliphatic rings. The zero-order valence-corrected chi connectivity index (χ0v) is 15.4. The third-order valence-electron chi connectivity index (χ3n) is 4.70. The number of hydrogen-bond donors (Lipinski definition) is 2. The standard InChI is InChI=1S/C16H14ClN3O5S/c1-15(2)6-24-14(23)20(15)11(21)10-16(25-13(26)19-10)9-7(17)4-3-5-8(9)18-12(16)22/h3-5,10H,6H2,1-2H3,(H,18,22)(H,19,26)/t10-,16-/m1/s1. The van der Waals surface area contributed by atoms with Crippen LogP contribution in [0.3, 0.4) is 0 Å². The number of imide groups is 1. The molecule has 2 fully saturated rings. The maximum absolute atomic E-state index is 13.2. The fourth-order valence-corrected chi connectivity index (χ4v) is 4.09. The molecule has 1 aromatic rings. The highest BCUT2D eigenvalue weighted by atomic mass is 35.5. The Kier molecular flexibility index (Phi) is 3.48. The summed E-state index contributed by atoms with van der Waals surface area (Å²) in [6.07, 6.45) is -0.785. The summed E-state index contributed by atoms with van der Waals surface area (Å²) in [6, 6.07) is 3.64. The second-order valence-electron chi connectivity index (χ2n) is 6.86. The molecule has 2 saturated heterocycles. The molecule has 3 heterocycles. The lowest BCUT2D eigenvalue weighted by molar-refractivity contribution is -0.144. The van der Waals surface area contributed by atoms with E-state index in [-0.39, 0.29) is 16.8 Å². The van der Waals surface area contributed by atoms with Gasteiger partial charge in [-0.25, -0.2) is 9.69 Å². The van der Waals surface area contributed by atoms with Crippen molar-refractivity contribution in [1.82, 2.24) is 10.2 Å². The maximum atomic E-state index is 13.2. The molecule has 0 radical (unpaired) electrons. The van der Waals surface area contributed by atoms with Crippen LogP contribution in [0.2, 0.25) is 5.02 Å². The lowest BCUT2D eigenvalue weighted by Gasteiger charge is -2.32. The van der Waals surface area contributed by atoms with E-state index >= 15 is 0 Å². The highest BCUT2D eigenvalue weighted by molar-refractivity contribution is 7.80. The van der Waals surface area contributed by atoms with Crippen LogP contribution in [0.15, 0.2) is 18.2 Å². The molecule has 1 aromatic carbocycles. The van der Waals surface area contributed by atoms with Crippen molar-refractivity contribution in [3.05, 3.63) is 28.8 Å². The third kappa shape index (κ3) is 2.07. The van der Waals surface area contributed by atoms with Crippen molar-refractivity contribution in [2.75, 3.05) is 11.9 Å². The Bertz CT molecular complexity index is 889. The summed E-state index contributed by atoms with van der Waals surface area (Å²) in [4.78, 5) is 39.2. The fraction of sp³-hybridized carbons (Fsp3) is 0.375. The molecule has 0 bridgehead atoms. The molecule has 0 aromatic heterocycles. The summed E-state index contributed by atoms with van der Waals surface area (Å²) in [7, 11) is 0. The summed E-state index contributed by atoms with van der Waals surface area (Å²) in [5.41, 5.74) is -1.93. The molecule has 0 unspecified atom stereocenters. The number of fused-ring (bicyclic) bond motifs is 2. The zero-order valence-electron chi connectivity index (χ0n) is 13.8. The van der Waals surface area contributed by atoms with Crippen LogP contribution >= 0.6 is 23.8 Å². The van der Waals surface area contributed by atoms with Crippen LogP contribution in [0.25, 0.3) is 0 Å².